The van der Waals surface area contributed by atoms with Gasteiger partial charge in [0.05, 0.1) is 0 Å². The van der Waals surface area contributed by atoms with Crippen molar-refractivity contribution in [2.24, 2.45) is 0 Å². The molecule has 0 aromatic carbocycles. The van der Waals surface area contributed by atoms with Crippen molar-refractivity contribution in [2.75, 3.05) is 19.6 Å². The van der Waals surface area contributed by atoms with Gasteiger partial charge in [0.2, 0.25) is 10.0 Å². The second-order valence-corrected chi connectivity index (χ2v) is 6.88. The van der Waals surface area contributed by atoms with Gasteiger partial charge in [-0.05, 0) is 38.1 Å². The first-order valence-corrected chi connectivity index (χ1v) is 8.19. The standard InChI is InChI=1S/C11H20N2O2S2/c1-3-8-12-9-7-10-5-6-11(16-10)17(14,15)13-4-2/h5-6,12-13H,3-4,7-9H2,1-2H3. The fourth-order valence-corrected chi connectivity index (χ4v) is 3.85. The molecule has 4 nitrogen and oxygen atoms in total. The summed E-state index contributed by atoms with van der Waals surface area (Å²) in [5.41, 5.74) is 0. The van der Waals surface area contributed by atoms with Gasteiger partial charge in [-0.2, -0.15) is 0 Å². The highest BCUT2D eigenvalue weighted by Crippen LogP contribution is 2.21. The van der Waals surface area contributed by atoms with Crippen molar-refractivity contribution in [1.82, 2.24) is 10.0 Å². The van der Waals surface area contributed by atoms with Gasteiger partial charge in [-0.15, -0.1) is 11.3 Å². The summed E-state index contributed by atoms with van der Waals surface area (Å²) in [5, 5.41) is 3.30. The Morgan fingerprint density at radius 1 is 1.24 bits per heavy atom. The highest BCUT2D eigenvalue weighted by molar-refractivity contribution is 7.91. The molecule has 1 heterocycles. The molecule has 2 N–H and O–H groups in total. The van der Waals surface area contributed by atoms with E-state index in [4.69, 9.17) is 0 Å². The normalized spacial score (nSPS) is 11.9. The lowest BCUT2D eigenvalue weighted by atomic mass is 10.3. The van der Waals surface area contributed by atoms with E-state index >= 15 is 0 Å². The van der Waals surface area contributed by atoms with Crippen molar-refractivity contribution in [1.29, 1.82) is 0 Å². The van der Waals surface area contributed by atoms with Gasteiger partial charge >= 0.3 is 0 Å². The number of hydrogen-bond acceptors (Lipinski definition) is 4. The zero-order chi connectivity index (χ0) is 12.7. The number of rotatable bonds is 8. The highest BCUT2D eigenvalue weighted by Gasteiger charge is 2.14. The van der Waals surface area contributed by atoms with Crippen molar-refractivity contribution in [3.63, 3.8) is 0 Å². The van der Waals surface area contributed by atoms with Gasteiger partial charge in [-0.3, -0.25) is 0 Å². The minimum Gasteiger partial charge on any atom is -0.316 e. The topological polar surface area (TPSA) is 58.2 Å². The molecule has 0 atom stereocenters. The van der Waals surface area contributed by atoms with Crippen LogP contribution in [0.5, 0.6) is 0 Å². The van der Waals surface area contributed by atoms with Gasteiger partial charge in [-0.1, -0.05) is 13.8 Å². The number of sulfonamides is 1. The largest absolute Gasteiger partial charge is 0.316 e. The predicted molar refractivity (Wildman–Crippen MR) is 72.0 cm³/mol. The molecule has 98 valence electrons. The Labute approximate surface area is 107 Å². The molecule has 0 spiro atoms. The second kappa shape index (κ2) is 7.10. The Kier molecular flexibility index (Phi) is 6.11. The Hall–Kier alpha value is -0.430. The van der Waals surface area contributed by atoms with E-state index in [1.54, 1.807) is 13.0 Å². The Bertz CT molecular complexity index is 426. The maximum atomic E-state index is 11.7. The fraction of sp³-hybridized carbons (Fsp3) is 0.636. The third-order valence-corrected chi connectivity index (χ3v) is 5.39. The van der Waals surface area contributed by atoms with Crippen LogP contribution < -0.4 is 10.0 Å². The van der Waals surface area contributed by atoms with Crippen molar-refractivity contribution in [2.45, 2.75) is 30.9 Å². The third kappa shape index (κ3) is 4.75. The number of thiophene rings is 1. The highest BCUT2D eigenvalue weighted by atomic mass is 32.2. The van der Waals surface area contributed by atoms with E-state index in [1.165, 1.54) is 11.3 Å². The van der Waals surface area contributed by atoms with E-state index in [1.807, 2.05) is 6.07 Å². The third-order valence-electron chi connectivity index (χ3n) is 2.21. The molecule has 0 aliphatic rings. The summed E-state index contributed by atoms with van der Waals surface area (Å²) in [4.78, 5) is 1.10. The summed E-state index contributed by atoms with van der Waals surface area (Å²) in [6, 6.07) is 3.57. The van der Waals surface area contributed by atoms with Gasteiger partial charge in [-0.25, -0.2) is 13.1 Å². The van der Waals surface area contributed by atoms with E-state index in [0.717, 1.165) is 30.8 Å². The van der Waals surface area contributed by atoms with Crippen LogP contribution in [0.3, 0.4) is 0 Å². The van der Waals surface area contributed by atoms with Crippen LogP contribution in [0.2, 0.25) is 0 Å². The van der Waals surface area contributed by atoms with Crippen LogP contribution in [0, 0.1) is 0 Å². The zero-order valence-corrected chi connectivity index (χ0v) is 12.0. The summed E-state index contributed by atoms with van der Waals surface area (Å²) in [5.74, 6) is 0. The van der Waals surface area contributed by atoms with Crippen molar-refractivity contribution in [3.05, 3.63) is 17.0 Å². The molecule has 0 amide bonds. The summed E-state index contributed by atoms with van der Waals surface area (Å²) in [6.07, 6.45) is 2.00. The lowest BCUT2D eigenvalue weighted by Crippen LogP contribution is -2.22. The maximum Gasteiger partial charge on any atom is 0.250 e. The molecule has 6 heteroatoms. The van der Waals surface area contributed by atoms with Gasteiger partial charge < -0.3 is 5.32 Å². The van der Waals surface area contributed by atoms with Gasteiger partial charge in [0.25, 0.3) is 0 Å². The van der Waals surface area contributed by atoms with Gasteiger partial charge in [0.15, 0.2) is 0 Å². The van der Waals surface area contributed by atoms with E-state index in [9.17, 15) is 8.42 Å². The van der Waals surface area contributed by atoms with Crippen molar-refractivity contribution in [3.8, 4) is 0 Å². The molecule has 0 saturated carbocycles. The zero-order valence-electron chi connectivity index (χ0n) is 10.3. The van der Waals surface area contributed by atoms with Crippen LogP contribution in [0.15, 0.2) is 16.3 Å². The number of hydrogen-bond donors (Lipinski definition) is 2. The van der Waals surface area contributed by atoms with Crippen molar-refractivity contribution < 1.29 is 8.42 Å². The quantitative estimate of drug-likeness (QED) is 0.709. The Morgan fingerprint density at radius 3 is 2.65 bits per heavy atom. The molecule has 0 saturated heterocycles. The van der Waals surface area contributed by atoms with Crippen LogP contribution in [0.25, 0.3) is 0 Å². The molecule has 0 unspecified atom stereocenters. The molecule has 1 aromatic rings. The van der Waals surface area contributed by atoms with Crippen LogP contribution in [0.4, 0.5) is 0 Å². The Morgan fingerprint density at radius 2 is 2.00 bits per heavy atom. The average molecular weight is 276 g/mol. The molecule has 0 aliphatic carbocycles. The average Bonchev–Trinajstić information content (AvgIpc) is 2.74. The minimum absolute atomic E-state index is 0.407. The summed E-state index contributed by atoms with van der Waals surface area (Å²) >= 11 is 1.35. The summed E-state index contributed by atoms with van der Waals surface area (Å²) in [6.45, 7) is 6.23. The molecule has 1 rings (SSSR count). The van der Waals surface area contributed by atoms with E-state index in [2.05, 4.69) is 17.0 Å². The van der Waals surface area contributed by atoms with Gasteiger partial charge in [0, 0.05) is 11.4 Å². The van der Waals surface area contributed by atoms with Crippen LogP contribution in [0.1, 0.15) is 25.1 Å². The molecule has 0 bridgehead atoms. The van der Waals surface area contributed by atoms with Crippen LogP contribution in [-0.2, 0) is 16.4 Å². The molecule has 0 aliphatic heterocycles. The fourth-order valence-electron chi connectivity index (χ4n) is 1.41. The van der Waals surface area contributed by atoms with Gasteiger partial charge in [0.1, 0.15) is 4.21 Å². The summed E-state index contributed by atoms with van der Waals surface area (Å²) < 4.78 is 26.3. The molecular weight excluding hydrogens is 256 g/mol. The smallest absolute Gasteiger partial charge is 0.250 e. The molecule has 0 radical (unpaired) electrons. The molecule has 0 fully saturated rings. The second-order valence-electron chi connectivity index (χ2n) is 3.72. The lowest BCUT2D eigenvalue weighted by Gasteiger charge is -2.01. The maximum absolute atomic E-state index is 11.7. The SMILES string of the molecule is CCCNCCc1ccc(S(=O)(=O)NCC)s1. The predicted octanol–water partition coefficient (Wildman–Crippen LogP) is 1.59. The number of nitrogens with one attached hydrogen (secondary N) is 2. The summed E-state index contributed by atoms with van der Waals surface area (Å²) in [7, 11) is -3.28. The first kappa shape index (κ1) is 14.6. The molecular formula is C11H20N2O2S2. The monoisotopic (exact) mass is 276 g/mol. The van der Waals surface area contributed by atoms with Crippen LogP contribution >= 0.6 is 11.3 Å². The van der Waals surface area contributed by atoms with E-state index in [0.29, 0.717) is 10.8 Å². The van der Waals surface area contributed by atoms with E-state index < -0.39 is 10.0 Å². The Balaban J connectivity index is 2.53. The van der Waals surface area contributed by atoms with Crippen LogP contribution in [-0.4, -0.2) is 28.1 Å². The first-order valence-electron chi connectivity index (χ1n) is 5.89. The first-order chi connectivity index (χ1) is 8.10. The molecule has 1 aromatic heterocycles. The minimum atomic E-state index is -3.28. The lowest BCUT2D eigenvalue weighted by molar-refractivity contribution is 0.586. The molecule has 17 heavy (non-hydrogen) atoms. The van der Waals surface area contributed by atoms with E-state index in [-0.39, 0.29) is 0 Å². The van der Waals surface area contributed by atoms with Crippen molar-refractivity contribution >= 4 is 21.4 Å².